The number of amides is 1. The zero-order valence-corrected chi connectivity index (χ0v) is 16.8. The summed E-state index contributed by atoms with van der Waals surface area (Å²) in [7, 11) is -3.70. The van der Waals surface area contributed by atoms with Crippen LogP contribution in [0.1, 0.15) is 41.3 Å². The first-order chi connectivity index (χ1) is 12.8. The van der Waals surface area contributed by atoms with Crippen LogP contribution in [-0.2, 0) is 10.0 Å². The molecular formula is C21H26N2O3S. The molecule has 1 fully saturated rings. The van der Waals surface area contributed by atoms with E-state index in [4.69, 9.17) is 0 Å². The van der Waals surface area contributed by atoms with E-state index >= 15 is 0 Å². The molecule has 1 amide bonds. The minimum absolute atomic E-state index is 0.0344. The number of sulfonamides is 1. The van der Waals surface area contributed by atoms with Gasteiger partial charge in [0.1, 0.15) is 0 Å². The number of aryl methyl sites for hydroxylation is 2. The number of hydrogen-bond acceptors (Lipinski definition) is 3. The summed E-state index contributed by atoms with van der Waals surface area (Å²) < 4.78 is 27.9. The minimum Gasteiger partial charge on any atom is -0.338 e. The summed E-state index contributed by atoms with van der Waals surface area (Å²) in [5.74, 6) is 0.470. The highest BCUT2D eigenvalue weighted by atomic mass is 32.2. The van der Waals surface area contributed by atoms with Crippen LogP contribution in [0.5, 0.6) is 0 Å². The smallest absolute Gasteiger partial charge is 0.261 e. The molecule has 0 saturated carbocycles. The van der Waals surface area contributed by atoms with Crippen molar-refractivity contribution in [3.05, 3.63) is 59.2 Å². The molecule has 1 heterocycles. The van der Waals surface area contributed by atoms with Gasteiger partial charge in [-0.25, -0.2) is 8.42 Å². The maximum absolute atomic E-state index is 12.7. The zero-order chi connectivity index (χ0) is 19.6. The zero-order valence-electron chi connectivity index (χ0n) is 16.0. The first-order valence-corrected chi connectivity index (χ1v) is 10.7. The molecular weight excluding hydrogens is 360 g/mol. The Labute approximate surface area is 161 Å². The van der Waals surface area contributed by atoms with Gasteiger partial charge in [0, 0.05) is 18.7 Å². The first-order valence-electron chi connectivity index (χ1n) is 9.26. The first kappa shape index (κ1) is 19.4. The SMILES string of the molecule is Cc1ccc(NS(=O)(=O)c2ccc(C(=O)N3CCCC(C)C3)cc2)c(C)c1. The van der Waals surface area contributed by atoms with Crippen LogP contribution in [-0.4, -0.2) is 32.3 Å². The fourth-order valence-corrected chi connectivity index (χ4v) is 4.60. The molecule has 0 aliphatic carbocycles. The van der Waals surface area contributed by atoms with Crippen molar-refractivity contribution in [2.75, 3.05) is 17.8 Å². The van der Waals surface area contributed by atoms with E-state index in [1.165, 1.54) is 12.1 Å². The van der Waals surface area contributed by atoms with Crippen LogP contribution in [0, 0.1) is 19.8 Å². The average Bonchev–Trinajstić information content (AvgIpc) is 2.63. The van der Waals surface area contributed by atoms with Crippen LogP contribution in [0.4, 0.5) is 5.69 Å². The number of anilines is 1. The fourth-order valence-electron chi connectivity index (χ4n) is 3.46. The molecule has 1 saturated heterocycles. The van der Waals surface area contributed by atoms with Crippen LogP contribution < -0.4 is 4.72 Å². The van der Waals surface area contributed by atoms with Crippen molar-refractivity contribution in [2.24, 2.45) is 5.92 Å². The van der Waals surface area contributed by atoms with Gasteiger partial charge in [-0.2, -0.15) is 0 Å². The van der Waals surface area contributed by atoms with Gasteiger partial charge >= 0.3 is 0 Å². The Kier molecular flexibility index (Phi) is 5.56. The number of carbonyl (C=O) groups excluding carboxylic acids is 1. The summed E-state index contributed by atoms with van der Waals surface area (Å²) in [6.07, 6.45) is 2.16. The molecule has 3 rings (SSSR count). The third-order valence-electron chi connectivity index (χ3n) is 4.98. The van der Waals surface area contributed by atoms with Gasteiger partial charge in [-0.3, -0.25) is 9.52 Å². The quantitative estimate of drug-likeness (QED) is 0.864. The second-order valence-corrected chi connectivity index (χ2v) is 9.13. The van der Waals surface area contributed by atoms with E-state index < -0.39 is 10.0 Å². The molecule has 1 aliphatic rings. The molecule has 144 valence electrons. The summed E-state index contributed by atoms with van der Waals surface area (Å²) in [6, 6.07) is 11.7. The van der Waals surface area contributed by atoms with Gasteiger partial charge in [-0.15, -0.1) is 0 Å². The van der Waals surface area contributed by atoms with Gasteiger partial charge < -0.3 is 4.90 Å². The summed E-state index contributed by atoms with van der Waals surface area (Å²) in [5.41, 5.74) is 3.02. The number of likely N-dealkylation sites (tertiary alicyclic amines) is 1. The number of hydrogen-bond donors (Lipinski definition) is 1. The van der Waals surface area contributed by atoms with Gasteiger partial charge in [0.05, 0.1) is 10.6 Å². The molecule has 1 aliphatic heterocycles. The Morgan fingerprint density at radius 2 is 1.81 bits per heavy atom. The van der Waals surface area contributed by atoms with Gasteiger partial charge in [-0.05, 0) is 68.5 Å². The van der Waals surface area contributed by atoms with Gasteiger partial charge in [0.15, 0.2) is 0 Å². The molecule has 0 aromatic heterocycles. The van der Waals surface area contributed by atoms with Gasteiger partial charge in [-0.1, -0.05) is 24.6 Å². The normalized spacial score (nSPS) is 17.6. The van der Waals surface area contributed by atoms with Crippen molar-refractivity contribution in [3.8, 4) is 0 Å². The lowest BCUT2D eigenvalue weighted by molar-refractivity contribution is 0.0683. The Morgan fingerprint density at radius 1 is 1.11 bits per heavy atom. The molecule has 2 aromatic rings. The summed E-state index contributed by atoms with van der Waals surface area (Å²) in [4.78, 5) is 14.6. The fraction of sp³-hybridized carbons (Fsp3) is 0.381. The van der Waals surface area contributed by atoms with Gasteiger partial charge in [0.25, 0.3) is 15.9 Å². The second kappa shape index (κ2) is 7.72. The maximum Gasteiger partial charge on any atom is 0.261 e. The molecule has 1 atom stereocenters. The Hall–Kier alpha value is -2.34. The lowest BCUT2D eigenvalue weighted by Crippen LogP contribution is -2.39. The number of nitrogens with zero attached hydrogens (tertiary/aromatic N) is 1. The predicted octanol–water partition coefficient (Wildman–Crippen LogP) is 3.98. The van der Waals surface area contributed by atoms with E-state index in [1.807, 2.05) is 30.9 Å². The van der Waals surface area contributed by atoms with Crippen LogP contribution in [0.2, 0.25) is 0 Å². The number of nitrogens with one attached hydrogen (secondary N) is 1. The molecule has 0 bridgehead atoms. The van der Waals surface area contributed by atoms with Crippen LogP contribution in [0.3, 0.4) is 0 Å². The minimum atomic E-state index is -3.70. The average molecular weight is 387 g/mol. The van der Waals surface area contributed by atoms with Crippen LogP contribution in [0.15, 0.2) is 47.4 Å². The third-order valence-corrected chi connectivity index (χ3v) is 6.36. The van der Waals surface area contributed by atoms with E-state index in [-0.39, 0.29) is 10.8 Å². The molecule has 5 nitrogen and oxygen atoms in total. The van der Waals surface area contributed by atoms with Crippen molar-refractivity contribution >= 4 is 21.6 Å². The van der Waals surface area contributed by atoms with Crippen molar-refractivity contribution in [2.45, 2.75) is 38.5 Å². The molecule has 1 unspecified atom stereocenters. The second-order valence-electron chi connectivity index (χ2n) is 7.45. The monoisotopic (exact) mass is 386 g/mol. The van der Waals surface area contributed by atoms with E-state index in [2.05, 4.69) is 11.6 Å². The van der Waals surface area contributed by atoms with E-state index in [9.17, 15) is 13.2 Å². The summed E-state index contributed by atoms with van der Waals surface area (Å²) in [5, 5.41) is 0. The lowest BCUT2D eigenvalue weighted by atomic mass is 9.99. The van der Waals surface area contributed by atoms with Crippen LogP contribution in [0.25, 0.3) is 0 Å². The molecule has 2 aromatic carbocycles. The van der Waals surface area contributed by atoms with Crippen molar-refractivity contribution in [1.82, 2.24) is 4.90 Å². The predicted molar refractivity (Wildman–Crippen MR) is 107 cm³/mol. The lowest BCUT2D eigenvalue weighted by Gasteiger charge is -2.31. The number of carbonyl (C=O) groups is 1. The Bertz CT molecular complexity index is 936. The van der Waals surface area contributed by atoms with Crippen molar-refractivity contribution in [1.29, 1.82) is 0 Å². The van der Waals surface area contributed by atoms with Gasteiger partial charge in [0.2, 0.25) is 0 Å². The molecule has 0 spiro atoms. The Morgan fingerprint density at radius 3 is 2.44 bits per heavy atom. The molecule has 27 heavy (non-hydrogen) atoms. The van der Waals surface area contributed by atoms with E-state index in [1.54, 1.807) is 18.2 Å². The number of benzene rings is 2. The highest BCUT2D eigenvalue weighted by Gasteiger charge is 2.23. The molecule has 1 N–H and O–H groups in total. The van der Waals surface area contributed by atoms with E-state index in [0.717, 1.165) is 37.1 Å². The largest absolute Gasteiger partial charge is 0.338 e. The Balaban J connectivity index is 1.76. The summed E-state index contributed by atoms with van der Waals surface area (Å²) >= 11 is 0. The third kappa shape index (κ3) is 4.50. The van der Waals surface area contributed by atoms with Crippen molar-refractivity contribution < 1.29 is 13.2 Å². The maximum atomic E-state index is 12.7. The highest BCUT2D eigenvalue weighted by molar-refractivity contribution is 7.92. The number of piperidine rings is 1. The standard InChI is InChI=1S/C21H26N2O3S/c1-15-6-11-20(17(3)13-15)22-27(25,26)19-9-7-18(8-10-19)21(24)23-12-4-5-16(2)14-23/h6-11,13,16,22H,4-5,12,14H2,1-3H3. The topological polar surface area (TPSA) is 66.5 Å². The molecule has 6 heteroatoms. The van der Waals surface area contributed by atoms with Crippen LogP contribution >= 0.6 is 0 Å². The summed E-state index contributed by atoms with van der Waals surface area (Å²) in [6.45, 7) is 7.49. The van der Waals surface area contributed by atoms with Crippen molar-refractivity contribution in [3.63, 3.8) is 0 Å². The number of rotatable bonds is 4. The van der Waals surface area contributed by atoms with E-state index in [0.29, 0.717) is 17.2 Å². The highest BCUT2D eigenvalue weighted by Crippen LogP contribution is 2.22. The molecule has 0 radical (unpaired) electrons.